The van der Waals surface area contributed by atoms with Crippen LogP contribution in [0.15, 0.2) is 36.7 Å². The number of benzene rings is 1. The van der Waals surface area contributed by atoms with Crippen molar-refractivity contribution in [1.29, 1.82) is 0 Å². The first-order valence-corrected chi connectivity index (χ1v) is 7.94. The topological polar surface area (TPSA) is 60.5 Å². The molecule has 0 spiro atoms. The Balaban J connectivity index is 1.71. The summed E-state index contributed by atoms with van der Waals surface area (Å²) >= 11 is 0. The Kier molecular flexibility index (Phi) is 5.23. The lowest BCUT2D eigenvalue weighted by atomic mass is 9.98. The van der Waals surface area contributed by atoms with Gasteiger partial charge in [-0.1, -0.05) is 6.07 Å². The standard InChI is InChI=1S/C18H18F2N2O3/c1-24-13-8-14(19)17(15(20)9-13)18(23)22-12-4-6-25-16(7-12)11-3-2-5-21-10-11/h2-3,5,8-10,12,16H,4,6-7H2,1H3,(H,22,23)/t12-,16-/m1/s1. The molecular formula is C18H18F2N2O3. The van der Waals surface area contributed by atoms with Gasteiger partial charge in [0, 0.05) is 37.2 Å². The van der Waals surface area contributed by atoms with Gasteiger partial charge in [0.25, 0.3) is 5.91 Å². The SMILES string of the molecule is COc1cc(F)c(C(=O)N[C@@H]2CCO[C@@H](c3cccnc3)C2)c(F)c1. The van der Waals surface area contributed by atoms with Gasteiger partial charge in [-0.25, -0.2) is 8.78 Å². The first-order chi connectivity index (χ1) is 12.1. The number of methoxy groups -OCH3 is 1. The molecule has 3 rings (SSSR count). The van der Waals surface area contributed by atoms with Crippen LogP contribution >= 0.6 is 0 Å². The van der Waals surface area contributed by atoms with Crippen molar-refractivity contribution in [1.82, 2.24) is 10.3 Å². The van der Waals surface area contributed by atoms with Crippen molar-refractivity contribution < 1.29 is 23.0 Å². The summed E-state index contributed by atoms with van der Waals surface area (Å²) in [6, 6.07) is 5.43. The molecule has 1 aromatic carbocycles. The molecule has 0 aliphatic carbocycles. The van der Waals surface area contributed by atoms with E-state index in [1.165, 1.54) is 7.11 Å². The molecule has 5 nitrogen and oxygen atoms in total. The minimum Gasteiger partial charge on any atom is -0.497 e. The monoisotopic (exact) mass is 348 g/mol. The Labute approximate surface area is 144 Å². The second-order valence-corrected chi connectivity index (χ2v) is 5.81. The van der Waals surface area contributed by atoms with Crippen molar-refractivity contribution in [2.24, 2.45) is 0 Å². The molecule has 1 N–H and O–H groups in total. The van der Waals surface area contributed by atoms with E-state index in [1.54, 1.807) is 12.4 Å². The second kappa shape index (κ2) is 7.57. The lowest BCUT2D eigenvalue weighted by molar-refractivity contribution is 0.000676. The molecule has 7 heteroatoms. The second-order valence-electron chi connectivity index (χ2n) is 5.81. The highest BCUT2D eigenvalue weighted by atomic mass is 19.1. The maximum Gasteiger partial charge on any atom is 0.257 e. The predicted octanol–water partition coefficient (Wildman–Crippen LogP) is 3.02. The number of carbonyl (C=O) groups is 1. The molecule has 2 heterocycles. The summed E-state index contributed by atoms with van der Waals surface area (Å²) in [6.07, 6.45) is 4.25. The lowest BCUT2D eigenvalue weighted by Gasteiger charge is -2.30. The molecule has 1 saturated heterocycles. The Hall–Kier alpha value is -2.54. The van der Waals surface area contributed by atoms with E-state index in [2.05, 4.69) is 10.3 Å². The molecule has 132 valence electrons. The molecule has 1 aliphatic rings. The highest BCUT2D eigenvalue weighted by Gasteiger charge is 2.27. The molecule has 0 saturated carbocycles. The fraction of sp³-hybridized carbons (Fsp3) is 0.333. The summed E-state index contributed by atoms with van der Waals surface area (Å²) in [5.41, 5.74) is 0.300. The van der Waals surface area contributed by atoms with Gasteiger partial charge >= 0.3 is 0 Å². The average Bonchev–Trinajstić information content (AvgIpc) is 2.62. The van der Waals surface area contributed by atoms with Crippen molar-refractivity contribution in [2.45, 2.75) is 25.0 Å². The van der Waals surface area contributed by atoms with Crippen LogP contribution in [0.4, 0.5) is 8.78 Å². The summed E-state index contributed by atoms with van der Waals surface area (Å²) in [6.45, 7) is 0.443. The number of rotatable bonds is 4. The molecule has 1 amide bonds. The Morgan fingerprint density at radius 3 is 2.76 bits per heavy atom. The van der Waals surface area contributed by atoms with E-state index in [4.69, 9.17) is 9.47 Å². The van der Waals surface area contributed by atoms with Crippen LogP contribution in [0.5, 0.6) is 5.75 Å². The van der Waals surface area contributed by atoms with Crippen molar-refractivity contribution in [3.8, 4) is 5.75 Å². The molecule has 1 aromatic heterocycles. The molecule has 2 aromatic rings. The molecular weight excluding hydrogens is 330 g/mol. The fourth-order valence-corrected chi connectivity index (χ4v) is 2.87. The normalized spacial score (nSPS) is 20.1. The third kappa shape index (κ3) is 3.93. The van der Waals surface area contributed by atoms with Crippen LogP contribution in [0.1, 0.15) is 34.9 Å². The highest BCUT2D eigenvalue weighted by Crippen LogP contribution is 2.28. The van der Waals surface area contributed by atoms with Crippen molar-refractivity contribution in [2.75, 3.05) is 13.7 Å². The first-order valence-electron chi connectivity index (χ1n) is 7.94. The summed E-state index contributed by atoms with van der Waals surface area (Å²) in [4.78, 5) is 16.4. The molecule has 1 fully saturated rings. The number of aromatic nitrogens is 1. The van der Waals surface area contributed by atoms with Crippen LogP contribution in [0.3, 0.4) is 0 Å². The van der Waals surface area contributed by atoms with Gasteiger partial charge in [0.2, 0.25) is 0 Å². The number of carbonyl (C=O) groups excluding carboxylic acids is 1. The number of nitrogens with zero attached hydrogens (tertiary/aromatic N) is 1. The summed E-state index contributed by atoms with van der Waals surface area (Å²) in [7, 11) is 1.30. The number of halogens is 2. The van der Waals surface area contributed by atoms with Gasteiger partial charge in [0.15, 0.2) is 0 Å². The van der Waals surface area contributed by atoms with E-state index in [0.29, 0.717) is 19.4 Å². The van der Waals surface area contributed by atoms with Crippen molar-refractivity contribution >= 4 is 5.91 Å². The van der Waals surface area contributed by atoms with Gasteiger partial charge in [-0.3, -0.25) is 9.78 Å². The zero-order valence-corrected chi connectivity index (χ0v) is 13.7. The third-order valence-corrected chi connectivity index (χ3v) is 4.15. The Morgan fingerprint density at radius 1 is 1.36 bits per heavy atom. The minimum absolute atomic E-state index is 0.0225. The summed E-state index contributed by atoms with van der Waals surface area (Å²) < 4.78 is 38.6. The first kappa shape index (κ1) is 17.3. The lowest BCUT2D eigenvalue weighted by Crippen LogP contribution is -2.40. The zero-order valence-electron chi connectivity index (χ0n) is 13.7. The molecule has 25 heavy (non-hydrogen) atoms. The molecule has 2 atom stereocenters. The van der Waals surface area contributed by atoms with E-state index >= 15 is 0 Å². The van der Waals surface area contributed by atoms with Crippen LogP contribution in [-0.2, 0) is 4.74 Å². The largest absolute Gasteiger partial charge is 0.497 e. The number of hydrogen-bond acceptors (Lipinski definition) is 4. The molecule has 0 bridgehead atoms. The fourth-order valence-electron chi connectivity index (χ4n) is 2.87. The van der Waals surface area contributed by atoms with Gasteiger partial charge in [-0.2, -0.15) is 0 Å². The van der Waals surface area contributed by atoms with Crippen LogP contribution in [-0.4, -0.2) is 30.6 Å². The van der Waals surface area contributed by atoms with Crippen LogP contribution in [0, 0.1) is 11.6 Å². The Bertz CT molecular complexity index is 732. The number of hydrogen-bond donors (Lipinski definition) is 1. The highest BCUT2D eigenvalue weighted by molar-refractivity contribution is 5.95. The summed E-state index contributed by atoms with van der Waals surface area (Å²) in [5, 5.41) is 2.69. The number of amides is 1. The quantitative estimate of drug-likeness (QED) is 0.923. The van der Waals surface area contributed by atoms with Gasteiger partial charge in [0.1, 0.15) is 22.9 Å². The van der Waals surface area contributed by atoms with Crippen molar-refractivity contribution in [3.05, 3.63) is 59.4 Å². The van der Waals surface area contributed by atoms with E-state index in [9.17, 15) is 13.6 Å². The number of pyridine rings is 1. The molecule has 0 radical (unpaired) electrons. The third-order valence-electron chi connectivity index (χ3n) is 4.15. The van der Waals surface area contributed by atoms with Crippen LogP contribution in [0.2, 0.25) is 0 Å². The van der Waals surface area contributed by atoms with Crippen molar-refractivity contribution in [3.63, 3.8) is 0 Å². The van der Waals surface area contributed by atoms with Crippen LogP contribution < -0.4 is 10.1 Å². The number of ether oxygens (including phenoxy) is 2. The predicted molar refractivity (Wildman–Crippen MR) is 86.3 cm³/mol. The number of nitrogens with one attached hydrogen (secondary N) is 1. The maximum absolute atomic E-state index is 14.0. The minimum atomic E-state index is -0.954. The van der Waals surface area contributed by atoms with Gasteiger partial charge in [0.05, 0.1) is 13.2 Å². The van der Waals surface area contributed by atoms with Gasteiger partial charge in [-0.05, 0) is 24.5 Å². The van der Waals surface area contributed by atoms with E-state index < -0.39 is 23.1 Å². The zero-order chi connectivity index (χ0) is 17.8. The maximum atomic E-state index is 14.0. The van der Waals surface area contributed by atoms with E-state index in [1.807, 2.05) is 12.1 Å². The molecule has 1 aliphatic heterocycles. The van der Waals surface area contributed by atoms with Crippen LogP contribution in [0.25, 0.3) is 0 Å². The average molecular weight is 348 g/mol. The van der Waals surface area contributed by atoms with Gasteiger partial charge < -0.3 is 14.8 Å². The smallest absolute Gasteiger partial charge is 0.257 e. The summed E-state index contributed by atoms with van der Waals surface area (Å²) in [5.74, 6) is -2.67. The van der Waals surface area contributed by atoms with E-state index in [0.717, 1.165) is 17.7 Å². The van der Waals surface area contributed by atoms with Gasteiger partial charge in [-0.15, -0.1) is 0 Å². The molecule has 0 unspecified atom stereocenters. The Morgan fingerprint density at radius 2 is 2.12 bits per heavy atom. The van der Waals surface area contributed by atoms with E-state index in [-0.39, 0.29) is 17.9 Å².